The molecule has 35 heavy (non-hydrogen) atoms. The largest absolute Gasteiger partial charge is 0.354 e. The molecule has 0 aliphatic carbocycles. The summed E-state index contributed by atoms with van der Waals surface area (Å²) < 4.78 is 0. The smallest absolute Gasteiger partial charge is 0.223 e. The van der Waals surface area contributed by atoms with Crippen molar-refractivity contribution in [3.63, 3.8) is 0 Å². The lowest BCUT2D eigenvalue weighted by Crippen LogP contribution is -2.38. The fraction of sp³-hybridized carbons (Fsp3) is 0.407. The fourth-order valence-corrected chi connectivity index (χ4v) is 4.88. The molecule has 2 aromatic carbocycles. The highest BCUT2D eigenvalue weighted by Crippen LogP contribution is 2.28. The van der Waals surface area contributed by atoms with Gasteiger partial charge in [-0.25, -0.2) is 0 Å². The van der Waals surface area contributed by atoms with Gasteiger partial charge in [-0.3, -0.25) is 19.2 Å². The van der Waals surface area contributed by atoms with Crippen molar-refractivity contribution in [2.24, 2.45) is 0 Å². The maximum Gasteiger partial charge on any atom is 0.223 e. The summed E-state index contributed by atoms with van der Waals surface area (Å²) in [5, 5.41) is 5.70. The van der Waals surface area contributed by atoms with Gasteiger partial charge in [0, 0.05) is 39.0 Å². The van der Waals surface area contributed by atoms with Crippen LogP contribution in [0.2, 0.25) is 0 Å². The van der Waals surface area contributed by atoms with E-state index in [1.807, 2.05) is 60.7 Å². The summed E-state index contributed by atoms with van der Waals surface area (Å²) in [6.07, 6.45) is 1.31. The standard InChI is InChI=1S/C27H32N4O4/c32-24-18-22(20-8-3-1-4-9-20)30(16-14-28-24)26(34)12-7-13-27(35)31-17-15-29-25(33)19-23(31)21-10-5-2-6-11-21/h1-6,8-11,22-23H,7,12-19H2,(H,28,32)(H,29,33). The Kier molecular flexibility index (Phi) is 8.13. The second-order valence-electron chi connectivity index (χ2n) is 8.99. The van der Waals surface area contributed by atoms with Crippen LogP contribution in [0.4, 0.5) is 0 Å². The molecule has 0 saturated carbocycles. The van der Waals surface area contributed by atoms with E-state index in [2.05, 4.69) is 10.6 Å². The Morgan fingerprint density at radius 1 is 0.686 bits per heavy atom. The first-order valence-corrected chi connectivity index (χ1v) is 12.2. The molecule has 2 aliphatic rings. The zero-order valence-electron chi connectivity index (χ0n) is 19.8. The van der Waals surface area contributed by atoms with E-state index >= 15 is 0 Å². The molecule has 0 radical (unpaired) electrons. The van der Waals surface area contributed by atoms with Gasteiger partial charge in [0.15, 0.2) is 0 Å². The predicted molar refractivity (Wildman–Crippen MR) is 131 cm³/mol. The molecule has 0 aromatic heterocycles. The topological polar surface area (TPSA) is 98.8 Å². The van der Waals surface area contributed by atoms with Crippen LogP contribution in [0.5, 0.6) is 0 Å². The van der Waals surface area contributed by atoms with Gasteiger partial charge in [-0.2, -0.15) is 0 Å². The predicted octanol–water partition coefficient (Wildman–Crippen LogP) is 2.34. The Balaban J connectivity index is 1.39. The van der Waals surface area contributed by atoms with Crippen molar-refractivity contribution < 1.29 is 19.2 Å². The van der Waals surface area contributed by atoms with Crippen molar-refractivity contribution in [2.45, 2.75) is 44.2 Å². The first kappa shape index (κ1) is 24.4. The third kappa shape index (κ3) is 6.26. The van der Waals surface area contributed by atoms with Crippen LogP contribution in [0.1, 0.15) is 55.3 Å². The van der Waals surface area contributed by atoms with Crippen molar-refractivity contribution >= 4 is 23.6 Å². The fourth-order valence-electron chi connectivity index (χ4n) is 4.88. The highest BCUT2D eigenvalue weighted by Gasteiger charge is 2.31. The minimum Gasteiger partial charge on any atom is -0.354 e. The quantitative estimate of drug-likeness (QED) is 0.669. The first-order valence-electron chi connectivity index (χ1n) is 12.2. The molecule has 0 bridgehead atoms. The van der Waals surface area contributed by atoms with Crippen molar-refractivity contribution in [1.29, 1.82) is 0 Å². The summed E-state index contributed by atoms with van der Waals surface area (Å²) in [4.78, 5) is 54.3. The van der Waals surface area contributed by atoms with Gasteiger partial charge in [-0.05, 0) is 17.5 Å². The van der Waals surface area contributed by atoms with Crippen LogP contribution in [0.15, 0.2) is 60.7 Å². The summed E-state index contributed by atoms with van der Waals surface area (Å²) >= 11 is 0. The van der Waals surface area contributed by atoms with Gasteiger partial charge >= 0.3 is 0 Å². The molecule has 4 amide bonds. The average molecular weight is 477 g/mol. The van der Waals surface area contributed by atoms with Gasteiger partial charge in [-0.1, -0.05) is 60.7 Å². The van der Waals surface area contributed by atoms with Gasteiger partial charge in [-0.15, -0.1) is 0 Å². The van der Waals surface area contributed by atoms with E-state index in [0.717, 1.165) is 11.1 Å². The number of hydrogen-bond donors (Lipinski definition) is 2. The summed E-state index contributed by atoms with van der Waals surface area (Å²) in [7, 11) is 0. The monoisotopic (exact) mass is 476 g/mol. The van der Waals surface area contributed by atoms with E-state index in [0.29, 0.717) is 32.6 Å². The lowest BCUT2D eigenvalue weighted by molar-refractivity contribution is -0.135. The average Bonchev–Trinajstić information content (AvgIpc) is 3.20. The van der Waals surface area contributed by atoms with E-state index in [9.17, 15) is 19.2 Å². The van der Waals surface area contributed by atoms with Crippen LogP contribution in [0, 0.1) is 0 Å². The van der Waals surface area contributed by atoms with E-state index in [1.165, 1.54) is 0 Å². The molecule has 2 heterocycles. The van der Waals surface area contributed by atoms with E-state index < -0.39 is 0 Å². The molecule has 184 valence electrons. The Labute approximate surface area is 205 Å². The second kappa shape index (κ2) is 11.6. The molecule has 2 aliphatic heterocycles. The first-order chi connectivity index (χ1) is 17.0. The number of benzene rings is 2. The highest BCUT2D eigenvalue weighted by molar-refractivity contribution is 5.83. The third-order valence-electron chi connectivity index (χ3n) is 6.65. The number of amides is 4. The highest BCUT2D eigenvalue weighted by atomic mass is 16.2. The molecule has 8 nitrogen and oxygen atoms in total. The van der Waals surface area contributed by atoms with Crippen LogP contribution >= 0.6 is 0 Å². The molecular formula is C27H32N4O4. The van der Waals surface area contributed by atoms with Crippen molar-refractivity contribution in [3.05, 3.63) is 71.8 Å². The number of rotatable bonds is 6. The second-order valence-corrected chi connectivity index (χ2v) is 8.99. The molecular weight excluding hydrogens is 444 g/mol. The van der Waals surface area contributed by atoms with Crippen LogP contribution in [0.3, 0.4) is 0 Å². The zero-order valence-corrected chi connectivity index (χ0v) is 19.8. The van der Waals surface area contributed by atoms with Crippen LogP contribution in [-0.2, 0) is 19.2 Å². The zero-order chi connectivity index (χ0) is 24.6. The molecule has 2 N–H and O–H groups in total. The molecule has 8 heteroatoms. The van der Waals surface area contributed by atoms with E-state index in [4.69, 9.17) is 0 Å². The summed E-state index contributed by atoms with van der Waals surface area (Å²) in [5.41, 5.74) is 1.86. The summed E-state index contributed by atoms with van der Waals surface area (Å²) in [6, 6.07) is 18.6. The number of nitrogens with zero attached hydrogens (tertiary/aromatic N) is 2. The van der Waals surface area contributed by atoms with Crippen LogP contribution in [0.25, 0.3) is 0 Å². The molecule has 2 aromatic rings. The number of nitrogens with one attached hydrogen (secondary N) is 2. The van der Waals surface area contributed by atoms with E-state index in [1.54, 1.807) is 9.80 Å². The normalized spacial score (nSPS) is 20.9. The van der Waals surface area contributed by atoms with Crippen LogP contribution < -0.4 is 10.6 Å². The number of carbonyl (C=O) groups excluding carboxylic acids is 4. The van der Waals surface area contributed by atoms with Crippen molar-refractivity contribution in [2.75, 3.05) is 26.2 Å². The summed E-state index contributed by atoms with van der Waals surface area (Å²) in [5.74, 6) is -0.257. The van der Waals surface area contributed by atoms with Gasteiger partial charge in [0.05, 0.1) is 24.9 Å². The minimum atomic E-state index is -0.313. The SMILES string of the molecule is O=C1CC(c2ccccc2)N(C(=O)CCCC(=O)N2CCNC(=O)CC2c2ccccc2)CCN1. The third-order valence-corrected chi connectivity index (χ3v) is 6.65. The van der Waals surface area contributed by atoms with Crippen molar-refractivity contribution in [3.8, 4) is 0 Å². The Morgan fingerprint density at radius 3 is 1.49 bits per heavy atom. The molecule has 4 rings (SSSR count). The number of carbonyl (C=O) groups is 4. The Morgan fingerprint density at radius 2 is 1.09 bits per heavy atom. The molecule has 2 unspecified atom stereocenters. The maximum absolute atomic E-state index is 13.2. The molecule has 2 atom stereocenters. The van der Waals surface area contributed by atoms with E-state index in [-0.39, 0.29) is 61.4 Å². The van der Waals surface area contributed by atoms with Gasteiger partial charge in [0.1, 0.15) is 0 Å². The Hall–Kier alpha value is -3.68. The lowest BCUT2D eigenvalue weighted by atomic mass is 10.0. The van der Waals surface area contributed by atoms with Crippen LogP contribution in [-0.4, -0.2) is 59.6 Å². The lowest BCUT2D eigenvalue weighted by Gasteiger charge is -2.31. The molecule has 0 spiro atoms. The molecule has 2 fully saturated rings. The number of hydrogen-bond acceptors (Lipinski definition) is 4. The van der Waals surface area contributed by atoms with Gasteiger partial charge in [0.25, 0.3) is 0 Å². The van der Waals surface area contributed by atoms with Gasteiger partial charge in [0.2, 0.25) is 23.6 Å². The summed E-state index contributed by atoms with van der Waals surface area (Å²) in [6.45, 7) is 1.71. The van der Waals surface area contributed by atoms with Gasteiger partial charge < -0.3 is 20.4 Å². The minimum absolute atomic E-state index is 0.0597. The maximum atomic E-state index is 13.2. The molecule has 2 saturated heterocycles. The van der Waals surface area contributed by atoms with Crippen molar-refractivity contribution in [1.82, 2.24) is 20.4 Å². The Bertz CT molecular complexity index is 960.